The maximum atomic E-state index is 14.4. The topological polar surface area (TPSA) is 0 Å². The van der Waals surface area contributed by atoms with Crippen LogP contribution in [0.4, 0.5) is 17.6 Å². The van der Waals surface area contributed by atoms with Gasteiger partial charge in [-0.25, -0.2) is 17.6 Å². The van der Waals surface area contributed by atoms with Gasteiger partial charge in [0.05, 0.1) is 0 Å². The molecule has 0 radical (unpaired) electrons. The number of halogens is 4. The molecule has 0 heterocycles. The number of hydrogen-bond donors (Lipinski definition) is 0. The lowest BCUT2D eigenvalue weighted by Crippen LogP contribution is -2.17. The van der Waals surface area contributed by atoms with Gasteiger partial charge >= 0.3 is 0 Å². The molecule has 0 bridgehead atoms. The maximum absolute atomic E-state index is 14.4. The first-order valence-corrected chi connectivity index (χ1v) is 7.94. The molecule has 1 atom stereocenters. The van der Waals surface area contributed by atoms with Crippen LogP contribution in [0.15, 0.2) is 24.3 Å². The highest BCUT2D eigenvalue weighted by Gasteiger charge is 2.28. The van der Waals surface area contributed by atoms with Crippen LogP contribution in [0, 0.1) is 23.3 Å². The smallest absolute Gasteiger partial charge is 0.162 e. The largest absolute Gasteiger partial charge is 0.207 e. The van der Waals surface area contributed by atoms with Gasteiger partial charge in [0.15, 0.2) is 11.6 Å². The number of fused-ring (bicyclic) bond motifs is 1. The normalized spacial score (nSPS) is 17.2. The average Bonchev–Trinajstić information content (AvgIpc) is 2.51. The highest BCUT2D eigenvalue weighted by Crippen LogP contribution is 2.37. The van der Waals surface area contributed by atoms with Crippen molar-refractivity contribution in [3.8, 4) is 0 Å². The van der Waals surface area contributed by atoms with Crippen molar-refractivity contribution in [3.05, 3.63) is 69.8 Å². The predicted molar refractivity (Wildman–Crippen MR) is 81.5 cm³/mol. The van der Waals surface area contributed by atoms with E-state index >= 15 is 0 Å². The molecule has 1 unspecified atom stereocenters. The second kappa shape index (κ2) is 6.34. The summed E-state index contributed by atoms with van der Waals surface area (Å²) >= 11 is 0. The summed E-state index contributed by atoms with van der Waals surface area (Å²) < 4.78 is 56.1. The van der Waals surface area contributed by atoms with Crippen LogP contribution in [0.2, 0.25) is 0 Å². The molecule has 23 heavy (non-hydrogen) atoms. The molecule has 0 N–H and O–H groups in total. The molecule has 0 amide bonds. The van der Waals surface area contributed by atoms with E-state index in [0.717, 1.165) is 18.1 Å². The van der Waals surface area contributed by atoms with Crippen LogP contribution in [0.3, 0.4) is 0 Å². The third-order valence-electron chi connectivity index (χ3n) is 4.59. The van der Waals surface area contributed by atoms with Crippen LogP contribution in [-0.2, 0) is 19.3 Å². The molecule has 1 aliphatic carbocycles. The second-order valence-electron chi connectivity index (χ2n) is 6.16. The molecule has 0 aliphatic heterocycles. The Morgan fingerprint density at radius 3 is 2.35 bits per heavy atom. The van der Waals surface area contributed by atoms with E-state index in [9.17, 15) is 17.6 Å². The quantitative estimate of drug-likeness (QED) is 0.658. The van der Waals surface area contributed by atoms with Crippen LogP contribution in [-0.4, -0.2) is 0 Å². The van der Waals surface area contributed by atoms with E-state index in [0.29, 0.717) is 24.8 Å². The monoisotopic (exact) mass is 322 g/mol. The molecule has 0 nitrogen and oxygen atoms in total. The summed E-state index contributed by atoms with van der Waals surface area (Å²) in [6, 6.07) is 5.38. The fourth-order valence-electron chi connectivity index (χ4n) is 3.47. The fourth-order valence-corrected chi connectivity index (χ4v) is 3.47. The van der Waals surface area contributed by atoms with Gasteiger partial charge in [0.2, 0.25) is 0 Å². The van der Waals surface area contributed by atoms with E-state index in [1.807, 2.05) is 6.92 Å². The van der Waals surface area contributed by atoms with Crippen LogP contribution in [0.1, 0.15) is 47.9 Å². The van der Waals surface area contributed by atoms with E-state index in [4.69, 9.17) is 0 Å². The highest BCUT2D eigenvalue weighted by molar-refractivity contribution is 5.37. The van der Waals surface area contributed by atoms with E-state index in [1.165, 1.54) is 12.1 Å². The number of aryl methyl sites for hydroxylation is 2. The molecule has 0 saturated carbocycles. The van der Waals surface area contributed by atoms with Crippen molar-refractivity contribution in [2.45, 2.75) is 44.9 Å². The molecule has 4 heteroatoms. The minimum absolute atomic E-state index is 0.000774. The predicted octanol–water partition coefficient (Wildman–Crippen LogP) is 5.47. The summed E-state index contributed by atoms with van der Waals surface area (Å²) in [6.07, 6.45) is 2.56. The van der Waals surface area contributed by atoms with Crippen molar-refractivity contribution in [1.29, 1.82) is 0 Å². The van der Waals surface area contributed by atoms with Gasteiger partial charge in [0, 0.05) is 5.56 Å². The molecular formula is C19H18F4. The Labute approximate surface area is 133 Å². The van der Waals surface area contributed by atoms with Gasteiger partial charge in [-0.1, -0.05) is 19.4 Å². The van der Waals surface area contributed by atoms with Gasteiger partial charge in [0.25, 0.3) is 0 Å². The van der Waals surface area contributed by atoms with Crippen LogP contribution in [0.5, 0.6) is 0 Å². The third-order valence-corrected chi connectivity index (χ3v) is 4.59. The third kappa shape index (κ3) is 2.99. The molecule has 1 aliphatic rings. The minimum Gasteiger partial charge on any atom is -0.207 e. The minimum atomic E-state index is -0.913. The zero-order chi connectivity index (χ0) is 16.6. The SMILES string of the molecule is CCCc1cc(F)c(C2CCc3ccc(F)c(F)c3C2)c(F)c1. The van der Waals surface area contributed by atoms with Crippen LogP contribution in [0.25, 0.3) is 0 Å². The molecule has 122 valence electrons. The lowest BCUT2D eigenvalue weighted by atomic mass is 9.79. The number of hydrogen-bond acceptors (Lipinski definition) is 0. The summed E-state index contributed by atoms with van der Waals surface area (Å²) in [5.41, 5.74) is 1.60. The zero-order valence-electron chi connectivity index (χ0n) is 12.9. The summed E-state index contributed by atoms with van der Waals surface area (Å²) in [7, 11) is 0. The number of rotatable bonds is 3. The summed E-state index contributed by atoms with van der Waals surface area (Å²) in [4.78, 5) is 0. The molecule has 0 aromatic heterocycles. The Morgan fingerprint density at radius 2 is 1.70 bits per heavy atom. The van der Waals surface area contributed by atoms with E-state index in [1.54, 1.807) is 6.07 Å². The zero-order valence-corrected chi connectivity index (χ0v) is 12.9. The standard InChI is InChI=1S/C19H18F4/c1-2-3-11-8-16(21)18(17(22)9-11)13-5-4-12-6-7-15(20)19(23)14(12)10-13/h6-9,13H,2-5,10H2,1H3. The van der Waals surface area contributed by atoms with Crippen molar-refractivity contribution in [2.24, 2.45) is 0 Å². The van der Waals surface area contributed by atoms with Gasteiger partial charge in [-0.3, -0.25) is 0 Å². The lowest BCUT2D eigenvalue weighted by Gasteiger charge is -2.26. The molecule has 0 saturated heterocycles. The molecule has 3 rings (SSSR count). The molecule has 2 aromatic carbocycles. The van der Waals surface area contributed by atoms with E-state index in [-0.39, 0.29) is 17.5 Å². The van der Waals surface area contributed by atoms with Crippen molar-refractivity contribution in [2.75, 3.05) is 0 Å². The second-order valence-corrected chi connectivity index (χ2v) is 6.16. The van der Waals surface area contributed by atoms with Gasteiger partial charge in [-0.15, -0.1) is 0 Å². The Balaban J connectivity index is 1.96. The summed E-state index contributed by atoms with van der Waals surface area (Å²) in [5, 5.41) is 0. The Hall–Kier alpha value is -1.84. The van der Waals surface area contributed by atoms with Crippen molar-refractivity contribution in [3.63, 3.8) is 0 Å². The van der Waals surface area contributed by atoms with Crippen molar-refractivity contribution >= 4 is 0 Å². The maximum Gasteiger partial charge on any atom is 0.162 e. The highest BCUT2D eigenvalue weighted by atomic mass is 19.2. The van der Waals surface area contributed by atoms with Gasteiger partial charge < -0.3 is 0 Å². The van der Waals surface area contributed by atoms with E-state index < -0.39 is 29.2 Å². The van der Waals surface area contributed by atoms with Gasteiger partial charge in [-0.05, 0) is 66.5 Å². The first kappa shape index (κ1) is 16.0. The van der Waals surface area contributed by atoms with Crippen LogP contribution < -0.4 is 0 Å². The average molecular weight is 322 g/mol. The molecule has 2 aromatic rings. The van der Waals surface area contributed by atoms with E-state index in [2.05, 4.69) is 0 Å². The Bertz CT molecular complexity index is 713. The molecule has 0 spiro atoms. The first-order valence-electron chi connectivity index (χ1n) is 7.94. The Morgan fingerprint density at radius 1 is 1.00 bits per heavy atom. The van der Waals surface area contributed by atoms with Gasteiger partial charge in [-0.2, -0.15) is 0 Å². The Kier molecular flexibility index (Phi) is 4.42. The van der Waals surface area contributed by atoms with Crippen molar-refractivity contribution < 1.29 is 17.6 Å². The fraction of sp³-hybridized carbons (Fsp3) is 0.368. The molecular weight excluding hydrogens is 304 g/mol. The van der Waals surface area contributed by atoms with Crippen molar-refractivity contribution in [1.82, 2.24) is 0 Å². The van der Waals surface area contributed by atoms with Crippen LogP contribution >= 0.6 is 0 Å². The first-order chi connectivity index (χ1) is 11.0. The van der Waals surface area contributed by atoms with Gasteiger partial charge in [0.1, 0.15) is 11.6 Å². The lowest BCUT2D eigenvalue weighted by molar-refractivity contribution is 0.457. The molecule has 0 fully saturated rings. The summed E-state index contributed by atoms with van der Waals surface area (Å²) in [6.45, 7) is 1.94. The number of benzene rings is 2. The summed E-state index contributed by atoms with van der Waals surface area (Å²) in [5.74, 6) is -3.44.